The van der Waals surface area contributed by atoms with Gasteiger partial charge in [-0.25, -0.2) is 0 Å². The highest BCUT2D eigenvalue weighted by atomic mass is 16.5. The van der Waals surface area contributed by atoms with Crippen molar-refractivity contribution in [2.24, 2.45) is 4.99 Å². The normalized spacial score (nSPS) is 13.7. The minimum absolute atomic E-state index is 0.454. The molecule has 0 saturated carbocycles. The van der Waals surface area contributed by atoms with E-state index in [1.165, 1.54) is 0 Å². The van der Waals surface area contributed by atoms with Crippen LogP contribution in [0.5, 0.6) is 0 Å². The predicted molar refractivity (Wildman–Crippen MR) is 65.4 cm³/mol. The van der Waals surface area contributed by atoms with Gasteiger partial charge in [0.25, 0.3) is 0 Å². The van der Waals surface area contributed by atoms with E-state index in [2.05, 4.69) is 36.4 Å². The Labute approximate surface area is 93.5 Å². The summed E-state index contributed by atoms with van der Waals surface area (Å²) >= 11 is 0. The van der Waals surface area contributed by atoms with Crippen molar-refractivity contribution in [2.75, 3.05) is 26.3 Å². The van der Waals surface area contributed by atoms with Gasteiger partial charge >= 0.3 is 0 Å². The molecule has 0 saturated heterocycles. The van der Waals surface area contributed by atoms with Crippen LogP contribution in [0.1, 0.15) is 34.1 Å². The first-order valence-electron chi connectivity index (χ1n) is 5.87. The van der Waals surface area contributed by atoms with E-state index in [0.717, 1.165) is 25.5 Å². The Morgan fingerprint density at radius 1 is 1.33 bits per heavy atom. The maximum Gasteiger partial charge on any atom is 0.191 e. The van der Waals surface area contributed by atoms with E-state index in [4.69, 9.17) is 4.74 Å². The lowest BCUT2D eigenvalue weighted by Crippen LogP contribution is -2.42. The van der Waals surface area contributed by atoms with Crippen LogP contribution in [0.25, 0.3) is 0 Å². The molecule has 0 aromatic rings. The van der Waals surface area contributed by atoms with Crippen LogP contribution in [-0.4, -0.2) is 38.3 Å². The zero-order valence-electron chi connectivity index (χ0n) is 10.5. The molecule has 0 rings (SSSR count). The van der Waals surface area contributed by atoms with E-state index in [-0.39, 0.29) is 0 Å². The van der Waals surface area contributed by atoms with Gasteiger partial charge in [-0.2, -0.15) is 0 Å². The zero-order chi connectivity index (χ0) is 11.5. The molecule has 0 aliphatic heterocycles. The Morgan fingerprint density at radius 3 is 2.60 bits per heavy atom. The van der Waals surface area contributed by atoms with Crippen LogP contribution >= 0.6 is 0 Å². The average molecular weight is 215 g/mol. The fourth-order valence-corrected chi connectivity index (χ4v) is 1.02. The summed E-state index contributed by atoms with van der Waals surface area (Å²) in [5.74, 6) is 0.881. The van der Waals surface area contributed by atoms with Gasteiger partial charge in [0.1, 0.15) is 0 Å². The molecule has 0 aliphatic rings. The topological polar surface area (TPSA) is 45.7 Å². The lowest BCUT2D eigenvalue weighted by molar-refractivity contribution is 0.155. The molecule has 2 N–H and O–H groups in total. The summed E-state index contributed by atoms with van der Waals surface area (Å²) in [5.41, 5.74) is 0. The van der Waals surface area contributed by atoms with Gasteiger partial charge in [-0.05, 0) is 27.2 Å². The van der Waals surface area contributed by atoms with E-state index in [0.29, 0.717) is 19.2 Å². The number of rotatable bonds is 7. The molecule has 0 radical (unpaired) electrons. The van der Waals surface area contributed by atoms with E-state index >= 15 is 0 Å². The molecule has 15 heavy (non-hydrogen) atoms. The minimum Gasteiger partial charge on any atom is -0.380 e. The van der Waals surface area contributed by atoms with Crippen LogP contribution in [0.3, 0.4) is 0 Å². The van der Waals surface area contributed by atoms with Gasteiger partial charge in [0.05, 0.1) is 13.2 Å². The summed E-state index contributed by atoms with van der Waals surface area (Å²) in [6.45, 7) is 11.4. The Kier molecular flexibility index (Phi) is 9.27. The van der Waals surface area contributed by atoms with Crippen LogP contribution < -0.4 is 10.6 Å². The van der Waals surface area contributed by atoms with Gasteiger partial charge in [0.2, 0.25) is 0 Å². The summed E-state index contributed by atoms with van der Waals surface area (Å²) < 4.78 is 5.23. The first-order valence-corrected chi connectivity index (χ1v) is 5.87. The number of nitrogens with zero attached hydrogens (tertiary/aromatic N) is 1. The van der Waals surface area contributed by atoms with E-state index < -0.39 is 0 Å². The van der Waals surface area contributed by atoms with Gasteiger partial charge < -0.3 is 15.4 Å². The molecule has 4 heteroatoms. The van der Waals surface area contributed by atoms with Crippen molar-refractivity contribution in [1.29, 1.82) is 0 Å². The average Bonchev–Trinajstić information content (AvgIpc) is 2.24. The van der Waals surface area contributed by atoms with Crippen LogP contribution in [0.2, 0.25) is 0 Å². The molecule has 1 atom stereocenters. The molecule has 0 spiro atoms. The standard InChI is InChI=1S/C11H25N3O/c1-5-10(4)14-11(12-6-2)13-8-9-15-7-3/h10H,5-9H2,1-4H3,(H2,12,13,14). The van der Waals surface area contributed by atoms with Crippen LogP contribution in [-0.2, 0) is 4.74 Å². The molecule has 4 nitrogen and oxygen atoms in total. The van der Waals surface area contributed by atoms with Crippen LogP contribution in [0, 0.1) is 0 Å². The van der Waals surface area contributed by atoms with E-state index in [1.54, 1.807) is 0 Å². The number of aliphatic imine (C=N–C) groups is 1. The molecule has 0 bridgehead atoms. The number of hydrogen-bond donors (Lipinski definition) is 2. The van der Waals surface area contributed by atoms with E-state index in [1.807, 2.05) is 6.92 Å². The second-order valence-corrected chi connectivity index (χ2v) is 3.41. The Balaban J connectivity index is 3.89. The first-order chi connectivity index (χ1) is 7.24. The smallest absolute Gasteiger partial charge is 0.191 e. The van der Waals surface area contributed by atoms with Crippen molar-refractivity contribution in [3.8, 4) is 0 Å². The molecule has 90 valence electrons. The first kappa shape index (κ1) is 14.2. The van der Waals surface area contributed by atoms with Gasteiger partial charge in [-0.15, -0.1) is 0 Å². The maximum atomic E-state index is 5.23. The summed E-state index contributed by atoms with van der Waals surface area (Å²) in [5, 5.41) is 6.54. The third kappa shape index (κ3) is 8.24. The highest BCUT2D eigenvalue weighted by Gasteiger charge is 2.01. The molecular formula is C11H25N3O. The maximum absolute atomic E-state index is 5.23. The quantitative estimate of drug-likeness (QED) is 0.383. The van der Waals surface area contributed by atoms with E-state index in [9.17, 15) is 0 Å². The summed E-state index contributed by atoms with van der Waals surface area (Å²) in [7, 11) is 0. The lowest BCUT2D eigenvalue weighted by Gasteiger charge is -2.16. The molecule has 0 aliphatic carbocycles. The van der Waals surface area contributed by atoms with Crippen LogP contribution in [0.15, 0.2) is 4.99 Å². The Hall–Kier alpha value is -0.770. The number of guanidine groups is 1. The van der Waals surface area contributed by atoms with Gasteiger partial charge in [-0.1, -0.05) is 6.92 Å². The molecule has 0 aromatic carbocycles. The lowest BCUT2D eigenvalue weighted by atomic mass is 10.3. The van der Waals surface area contributed by atoms with Crippen molar-refractivity contribution in [2.45, 2.75) is 40.2 Å². The van der Waals surface area contributed by atoms with Crippen molar-refractivity contribution in [3.05, 3.63) is 0 Å². The number of ether oxygens (including phenoxy) is 1. The Morgan fingerprint density at radius 2 is 2.07 bits per heavy atom. The number of nitrogens with one attached hydrogen (secondary N) is 2. The van der Waals surface area contributed by atoms with Crippen LogP contribution in [0.4, 0.5) is 0 Å². The SMILES string of the molecule is CCNC(=NCCOCC)NC(C)CC. The fraction of sp³-hybridized carbons (Fsp3) is 0.909. The summed E-state index contributed by atoms with van der Waals surface area (Å²) in [4.78, 5) is 4.41. The minimum atomic E-state index is 0.454. The molecule has 1 unspecified atom stereocenters. The third-order valence-electron chi connectivity index (χ3n) is 2.05. The fourth-order valence-electron chi connectivity index (χ4n) is 1.02. The molecule has 0 heterocycles. The molecule has 0 fully saturated rings. The van der Waals surface area contributed by atoms with Crippen molar-refractivity contribution < 1.29 is 4.74 Å². The van der Waals surface area contributed by atoms with Gasteiger partial charge in [0, 0.05) is 19.2 Å². The predicted octanol–water partition coefficient (Wildman–Crippen LogP) is 1.38. The monoisotopic (exact) mass is 215 g/mol. The second kappa shape index (κ2) is 9.77. The third-order valence-corrected chi connectivity index (χ3v) is 2.05. The summed E-state index contributed by atoms with van der Waals surface area (Å²) in [6, 6.07) is 0.454. The summed E-state index contributed by atoms with van der Waals surface area (Å²) in [6.07, 6.45) is 1.09. The highest BCUT2D eigenvalue weighted by Crippen LogP contribution is 1.87. The zero-order valence-corrected chi connectivity index (χ0v) is 10.5. The van der Waals surface area contributed by atoms with Crippen molar-refractivity contribution in [1.82, 2.24) is 10.6 Å². The molecule has 0 amide bonds. The second-order valence-electron chi connectivity index (χ2n) is 3.41. The molecular weight excluding hydrogens is 190 g/mol. The molecule has 0 aromatic heterocycles. The number of hydrogen-bond acceptors (Lipinski definition) is 2. The largest absolute Gasteiger partial charge is 0.380 e. The Bertz CT molecular complexity index is 171. The highest BCUT2D eigenvalue weighted by molar-refractivity contribution is 5.79. The van der Waals surface area contributed by atoms with Gasteiger partial charge in [0.15, 0.2) is 5.96 Å². The van der Waals surface area contributed by atoms with Gasteiger partial charge in [-0.3, -0.25) is 4.99 Å². The van der Waals surface area contributed by atoms with Crippen molar-refractivity contribution in [3.63, 3.8) is 0 Å². The van der Waals surface area contributed by atoms with Crippen molar-refractivity contribution >= 4 is 5.96 Å².